The Morgan fingerprint density at radius 3 is 1.67 bits per heavy atom. The zero-order valence-electron chi connectivity index (χ0n) is 26.5. The van der Waals surface area contributed by atoms with Gasteiger partial charge in [-0.1, -0.05) is 122 Å². The van der Waals surface area contributed by atoms with Crippen LogP contribution in [0.25, 0.3) is 0 Å². The second-order valence-corrected chi connectivity index (χ2v) is 13.4. The van der Waals surface area contributed by atoms with Crippen molar-refractivity contribution in [3.63, 3.8) is 0 Å². The normalized spacial score (nSPS) is 19.4. The zero-order valence-corrected chi connectivity index (χ0v) is 26.5. The maximum Gasteiger partial charge on any atom is 0.220 e. The van der Waals surface area contributed by atoms with Gasteiger partial charge in [0, 0.05) is 11.8 Å². The predicted molar refractivity (Wildman–Crippen MR) is 158 cm³/mol. The summed E-state index contributed by atoms with van der Waals surface area (Å²) in [5.74, 6) is 0.926. The molecule has 0 aliphatic rings. The van der Waals surface area contributed by atoms with Crippen molar-refractivity contribution in [3.8, 4) is 0 Å². The molecule has 6 atom stereocenters. The minimum absolute atomic E-state index is 0.0338. The summed E-state index contributed by atoms with van der Waals surface area (Å²) in [5, 5.41) is 0. The predicted octanol–water partition coefficient (Wildman–Crippen LogP) is 9.47. The molecule has 36 heavy (non-hydrogen) atoms. The molecule has 3 nitrogen and oxygen atoms in total. The number of carbonyl (C=O) groups is 2. The van der Waals surface area contributed by atoms with Crippen LogP contribution in [0, 0.1) is 51.8 Å². The molecule has 214 valence electrons. The van der Waals surface area contributed by atoms with Gasteiger partial charge in [0.25, 0.3) is 0 Å². The van der Waals surface area contributed by atoms with Crippen LogP contribution >= 0.6 is 0 Å². The number of carbonyl (C=O) groups excluding carboxylic acids is 2. The molecule has 0 aromatic carbocycles. The van der Waals surface area contributed by atoms with Gasteiger partial charge in [0.05, 0.1) is 0 Å². The second-order valence-electron chi connectivity index (χ2n) is 13.4. The Labute approximate surface area is 226 Å². The molecule has 0 aromatic rings. The molecule has 0 heterocycles. The summed E-state index contributed by atoms with van der Waals surface area (Å²) in [6.45, 7) is 27.6. The minimum Gasteiger partial charge on any atom is -0.369 e. The topological polar surface area (TPSA) is 60.2 Å². The molecule has 3 heteroatoms. The number of primary amides is 1. The van der Waals surface area contributed by atoms with E-state index in [9.17, 15) is 9.59 Å². The van der Waals surface area contributed by atoms with Gasteiger partial charge in [-0.2, -0.15) is 0 Å². The molecule has 0 aliphatic heterocycles. The highest BCUT2D eigenvalue weighted by Crippen LogP contribution is 2.54. The van der Waals surface area contributed by atoms with Gasteiger partial charge in [-0.25, -0.2) is 0 Å². The van der Waals surface area contributed by atoms with E-state index in [0.29, 0.717) is 11.8 Å². The molecule has 0 radical (unpaired) electrons. The second kappa shape index (κ2) is 15.5. The monoisotopic (exact) mass is 508 g/mol. The van der Waals surface area contributed by atoms with Crippen molar-refractivity contribution in [2.75, 3.05) is 0 Å². The van der Waals surface area contributed by atoms with E-state index in [0.717, 1.165) is 51.4 Å². The first-order valence-corrected chi connectivity index (χ1v) is 15.4. The van der Waals surface area contributed by atoms with Gasteiger partial charge in [-0.15, -0.1) is 0 Å². The first-order valence-electron chi connectivity index (χ1n) is 15.4. The lowest BCUT2D eigenvalue weighted by molar-refractivity contribution is -0.128. The maximum atomic E-state index is 12.9. The first kappa shape index (κ1) is 35.1. The van der Waals surface area contributed by atoms with Crippen LogP contribution in [0.4, 0.5) is 0 Å². The van der Waals surface area contributed by atoms with Gasteiger partial charge in [0.1, 0.15) is 6.29 Å². The summed E-state index contributed by atoms with van der Waals surface area (Å²) in [7, 11) is 0. The molecule has 0 fully saturated rings. The van der Waals surface area contributed by atoms with Gasteiger partial charge in [0.15, 0.2) is 0 Å². The molecular weight excluding hydrogens is 442 g/mol. The molecule has 0 spiro atoms. The van der Waals surface area contributed by atoms with Gasteiger partial charge in [-0.05, 0) is 65.6 Å². The van der Waals surface area contributed by atoms with E-state index in [4.69, 9.17) is 5.73 Å². The van der Waals surface area contributed by atoms with Crippen molar-refractivity contribution in [2.24, 2.45) is 57.5 Å². The van der Waals surface area contributed by atoms with E-state index in [1.165, 1.54) is 19.1 Å². The molecule has 0 saturated carbocycles. The van der Waals surface area contributed by atoms with Crippen LogP contribution in [0.5, 0.6) is 0 Å². The standard InChI is InChI=1S/C33H65NO2/c1-13-19-20-32(11,27(14-2)15-3)21-26(23-35)24(7)25(8)29(30(34)36)22-31(9,10)33(12,18-6)28(16-4)17-5/h23-29H,13-22H2,1-12H3,(H2,34,36). The lowest BCUT2D eigenvalue weighted by atomic mass is 9.54. The largest absolute Gasteiger partial charge is 0.369 e. The van der Waals surface area contributed by atoms with Crippen LogP contribution in [0.2, 0.25) is 0 Å². The highest BCUT2D eigenvalue weighted by molar-refractivity contribution is 5.77. The molecular formula is C33H65NO2. The van der Waals surface area contributed by atoms with Crippen molar-refractivity contribution in [3.05, 3.63) is 0 Å². The van der Waals surface area contributed by atoms with E-state index in [2.05, 4.69) is 83.1 Å². The zero-order chi connectivity index (χ0) is 28.3. The highest BCUT2D eigenvalue weighted by Gasteiger charge is 2.47. The fraction of sp³-hybridized carbons (Fsp3) is 0.939. The average molecular weight is 508 g/mol. The highest BCUT2D eigenvalue weighted by atomic mass is 16.1. The van der Waals surface area contributed by atoms with Crippen molar-refractivity contribution >= 4 is 12.2 Å². The summed E-state index contributed by atoms with van der Waals surface area (Å²) in [6, 6.07) is 0. The molecule has 0 aliphatic carbocycles. The fourth-order valence-electron chi connectivity index (χ4n) is 7.82. The Bertz CT molecular complexity index is 636. The van der Waals surface area contributed by atoms with Crippen molar-refractivity contribution in [1.29, 1.82) is 0 Å². The van der Waals surface area contributed by atoms with E-state index in [1.807, 2.05) is 0 Å². The smallest absolute Gasteiger partial charge is 0.220 e. The number of amides is 1. The van der Waals surface area contributed by atoms with Crippen LogP contribution in [-0.4, -0.2) is 12.2 Å². The minimum atomic E-state index is -0.229. The van der Waals surface area contributed by atoms with E-state index in [1.54, 1.807) is 0 Å². The third kappa shape index (κ3) is 8.32. The van der Waals surface area contributed by atoms with Gasteiger partial charge in [-0.3, -0.25) is 4.79 Å². The number of hydrogen-bond acceptors (Lipinski definition) is 2. The van der Waals surface area contributed by atoms with Crippen molar-refractivity contribution < 1.29 is 9.59 Å². The van der Waals surface area contributed by atoms with Crippen LogP contribution < -0.4 is 5.73 Å². The lowest BCUT2D eigenvalue weighted by Crippen LogP contribution is -2.46. The van der Waals surface area contributed by atoms with E-state index in [-0.39, 0.29) is 45.8 Å². The van der Waals surface area contributed by atoms with Crippen molar-refractivity contribution in [2.45, 2.75) is 147 Å². The summed E-state index contributed by atoms with van der Waals surface area (Å²) in [5.41, 5.74) is 6.35. The van der Waals surface area contributed by atoms with Crippen LogP contribution in [0.15, 0.2) is 0 Å². The summed E-state index contributed by atoms with van der Waals surface area (Å²) >= 11 is 0. The van der Waals surface area contributed by atoms with E-state index >= 15 is 0 Å². The molecule has 0 bridgehead atoms. The Morgan fingerprint density at radius 1 is 0.806 bits per heavy atom. The molecule has 0 saturated heterocycles. The molecule has 6 unspecified atom stereocenters. The molecule has 2 N–H and O–H groups in total. The number of hydrogen-bond donors (Lipinski definition) is 1. The fourth-order valence-corrected chi connectivity index (χ4v) is 7.82. The molecule has 1 amide bonds. The van der Waals surface area contributed by atoms with Crippen LogP contribution in [-0.2, 0) is 9.59 Å². The number of unbranched alkanes of at least 4 members (excludes halogenated alkanes) is 1. The third-order valence-electron chi connectivity index (χ3n) is 11.4. The number of rotatable bonds is 20. The quantitative estimate of drug-likeness (QED) is 0.167. The Hall–Kier alpha value is -0.860. The molecule has 0 aromatic heterocycles. The number of aldehydes is 1. The van der Waals surface area contributed by atoms with Gasteiger partial charge in [0.2, 0.25) is 5.91 Å². The van der Waals surface area contributed by atoms with Gasteiger partial charge >= 0.3 is 0 Å². The summed E-state index contributed by atoms with van der Waals surface area (Å²) < 4.78 is 0. The van der Waals surface area contributed by atoms with Crippen molar-refractivity contribution in [1.82, 2.24) is 0 Å². The SMILES string of the molecule is CCCCC(C)(CC(C=O)C(C)C(C)C(CC(C)(C)C(C)(CC)C(CC)CC)C(N)=O)C(CC)CC. The van der Waals surface area contributed by atoms with Crippen LogP contribution in [0.1, 0.15) is 147 Å². The Morgan fingerprint density at radius 2 is 1.31 bits per heavy atom. The first-order chi connectivity index (χ1) is 16.7. The Kier molecular flexibility index (Phi) is 15.2. The molecule has 0 rings (SSSR count). The summed E-state index contributed by atoms with van der Waals surface area (Å²) in [4.78, 5) is 25.5. The number of nitrogens with two attached hydrogens (primary N) is 1. The van der Waals surface area contributed by atoms with Gasteiger partial charge < -0.3 is 10.5 Å². The van der Waals surface area contributed by atoms with E-state index < -0.39 is 0 Å². The average Bonchev–Trinajstić information content (AvgIpc) is 2.84. The third-order valence-corrected chi connectivity index (χ3v) is 11.4. The van der Waals surface area contributed by atoms with Crippen LogP contribution in [0.3, 0.4) is 0 Å². The lowest BCUT2D eigenvalue weighted by Gasteiger charge is -2.51. The maximum absolute atomic E-state index is 12.9. The summed E-state index contributed by atoms with van der Waals surface area (Å²) in [6.07, 6.45) is 12.1. The Balaban J connectivity index is 6.07.